The largest absolute Gasteiger partial charge is 0.455 e. The Morgan fingerprint density at radius 1 is 1.17 bits per heavy atom. The Kier molecular flexibility index (Phi) is 7.21. The SMILES string of the molecule is Cc1nn(Cc2c(C(=O)Nc3cc(Oc4ccc(Cl)cc4Cl)cc([N+](=O)[O-])c3)noc2C)c(C)c1Cl. The maximum Gasteiger partial charge on any atom is 0.278 e. The molecule has 186 valence electrons. The van der Waals surface area contributed by atoms with Crippen molar-refractivity contribution in [1.82, 2.24) is 14.9 Å². The Labute approximate surface area is 219 Å². The van der Waals surface area contributed by atoms with Gasteiger partial charge in [-0.3, -0.25) is 19.6 Å². The van der Waals surface area contributed by atoms with Gasteiger partial charge in [0.25, 0.3) is 11.6 Å². The number of ether oxygens (including phenoxy) is 1. The predicted octanol–water partition coefficient (Wildman–Crippen LogP) is 6.76. The van der Waals surface area contributed by atoms with Crippen LogP contribution in [0.25, 0.3) is 0 Å². The minimum absolute atomic E-state index is 0.00546. The number of nitro benzene ring substituents is 1. The van der Waals surface area contributed by atoms with Crippen molar-refractivity contribution in [2.24, 2.45) is 0 Å². The highest BCUT2D eigenvalue weighted by Crippen LogP contribution is 2.35. The number of non-ortho nitro benzene ring substituents is 1. The van der Waals surface area contributed by atoms with E-state index in [4.69, 9.17) is 44.1 Å². The lowest BCUT2D eigenvalue weighted by Crippen LogP contribution is -2.16. The number of carbonyl (C=O) groups excluding carboxylic acids is 1. The van der Waals surface area contributed by atoms with Crippen LogP contribution >= 0.6 is 34.8 Å². The number of aromatic nitrogens is 3. The first-order valence-corrected chi connectivity index (χ1v) is 11.5. The summed E-state index contributed by atoms with van der Waals surface area (Å²) in [6, 6.07) is 8.39. The van der Waals surface area contributed by atoms with E-state index in [9.17, 15) is 14.9 Å². The van der Waals surface area contributed by atoms with Gasteiger partial charge in [0.05, 0.1) is 44.7 Å². The van der Waals surface area contributed by atoms with Gasteiger partial charge < -0.3 is 14.6 Å². The molecule has 13 heteroatoms. The maximum atomic E-state index is 13.1. The predicted molar refractivity (Wildman–Crippen MR) is 135 cm³/mol. The van der Waals surface area contributed by atoms with Crippen LogP contribution in [0.2, 0.25) is 15.1 Å². The summed E-state index contributed by atoms with van der Waals surface area (Å²) in [4.78, 5) is 24.0. The zero-order valence-corrected chi connectivity index (χ0v) is 21.4. The van der Waals surface area contributed by atoms with Crippen LogP contribution in [0.1, 0.15) is 33.2 Å². The molecule has 0 radical (unpaired) electrons. The summed E-state index contributed by atoms with van der Waals surface area (Å²) in [5, 5.41) is 23.5. The van der Waals surface area contributed by atoms with Crippen LogP contribution in [0, 0.1) is 30.9 Å². The van der Waals surface area contributed by atoms with E-state index >= 15 is 0 Å². The molecule has 0 bridgehead atoms. The third kappa shape index (κ3) is 5.30. The van der Waals surface area contributed by atoms with Crippen LogP contribution in [-0.4, -0.2) is 25.8 Å². The topological polar surface area (TPSA) is 125 Å². The molecule has 0 fully saturated rings. The number of benzene rings is 2. The number of amides is 1. The first-order valence-electron chi connectivity index (χ1n) is 10.4. The highest BCUT2D eigenvalue weighted by Gasteiger charge is 2.23. The summed E-state index contributed by atoms with van der Waals surface area (Å²) in [5.41, 5.74) is 1.67. The number of hydrogen-bond donors (Lipinski definition) is 1. The van der Waals surface area contributed by atoms with E-state index in [1.54, 1.807) is 24.6 Å². The molecule has 0 aliphatic rings. The van der Waals surface area contributed by atoms with Crippen molar-refractivity contribution in [3.63, 3.8) is 0 Å². The third-order valence-electron chi connectivity index (χ3n) is 5.28. The van der Waals surface area contributed by atoms with Crippen molar-refractivity contribution in [3.8, 4) is 11.5 Å². The van der Waals surface area contributed by atoms with Gasteiger partial charge in [0.1, 0.15) is 17.3 Å². The molecule has 2 aromatic heterocycles. The van der Waals surface area contributed by atoms with E-state index in [2.05, 4.69) is 15.6 Å². The smallest absolute Gasteiger partial charge is 0.278 e. The van der Waals surface area contributed by atoms with E-state index < -0.39 is 10.8 Å². The molecule has 0 aliphatic carbocycles. The highest BCUT2D eigenvalue weighted by atomic mass is 35.5. The van der Waals surface area contributed by atoms with Gasteiger partial charge in [-0.05, 0) is 39.0 Å². The fourth-order valence-electron chi connectivity index (χ4n) is 3.43. The lowest BCUT2D eigenvalue weighted by molar-refractivity contribution is -0.384. The minimum atomic E-state index is -0.634. The molecule has 1 N–H and O–H groups in total. The van der Waals surface area contributed by atoms with Gasteiger partial charge in [-0.25, -0.2) is 0 Å². The van der Waals surface area contributed by atoms with Gasteiger partial charge >= 0.3 is 0 Å². The number of hydrogen-bond acceptors (Lipinski definition) is 7. The molecule has 4 aromatic rings. The molecule has 0 saturated heterocycles. The van der Waals surface area contributed by atoms with Crippen molar-refractivity contribution in [1.29, 1.82) is 0 Å². The normalized spacial score (nSPS) is 10.9. The Balaban J connectivity index is 1.62. The summed E-state index contributed by atoms with van der Waals surface area (Å²) in [6.07, 6.45) is 0. The molecule has 36 heavy (non-hydrogen) atoms. The number of carbonyl (C=O) groups is 1. The summed E-state index contributed by atoms with van der Waals surface area (Å²) < 4.78 is 12.6. The van der Waals surface area contributed by atoms with Crippen LogP contribution in [0.15, 0.2) is 40.9 Å². The molecule has 0 aliphatic heterocycles. The van der Waals surface area contributed by atoms with Gasteiger partial charge in [0.15, 0.2) is 5.69 Å². The Bertz CT molecular complexity index is 1500. The number of anilines is 1. The van der Waals surface area contributed by atoms with E-state index in [0.717, 1.165) is 5.69 Å². The van der Waals surface area contributed by atoms with E-state index in [1.807, 2.05) is 6.92 Å². The van der Waals surface area contributed by atoms with Gasteiger partial charge in [0, 0.05) is 22.7 Å². The molecular formula is C23H18Cl3N5O5. The van der Waals surface area contributed by atoms with Crippen LogP contribution in [0.4, 0.5) is 11.4 Å². The van der Waals surface area contributed by atoms with Crippen molar-refractivity contribution in [3.05, 3.63) is 90.0 Å². The number of nitro groups is 1. The van der Waals surface area contributed by atoms with Crippen LogP contribution in [-0.2, 0) is 6.54 Å². The van der Waals surface area contributed by atoms with Gasteiger partial charge in [-0.2, -0.15) is 5.10 Å². The molecular weight excluding hydrogens is 533 g/mol. The van der Waals surface area contributed by atoms with Gasteiger partial charge in [-0.15, -0.1) is 0 Å². The maximum absolute atomic E-state index is 13.1. The lowest BCUT2D eigenvalue weighted by Gasteiger charge is -2.11. The van der Waals surface area contributed by atoms with Crippen molar-refractivity contribution >= 4 is 52.1 Å². The molecule has 4 rings (SSSR count). The molecule has 2 heterocycles. The highest BCUT2D eigenvalue weighted by molar-refractivity contribution is 6.35. The monoisotopic (exact) mass is 549 g/mol. The number of nitrogens with zero attached hydrogens (tertiary/aromatic N) is 4. The second kappa shape index (κ2) is 10.2. The quantitative estimate of drug-likeness (QED) is 0.199. The van der Waals surface area contributed by atoms with E-state index in [-0.39, 0.29) is 40.1 Å². The molecule has 0 unspecified atom stereocenters. The second-order valence-corrected chi connectivity index (χ2v) is 9.03. The lowest BCUT2D eigenvalue weighted by atomic mass is 10.1. The third-order valence-corrected chi connectivity index (χ3v) is 6.36. The molecule has 0 spiro atoms. The zero-order chi connectivity index (χ0) is 26.1. The first kappa shape index (κ1) is 25.5. The van der Waals surface area contributed by atoms with Gasteiger partial charge in [0.2, 0.25) is 0 Å². The van der Waals surface area contributed by atoms with Crippen molar-refractivity contribution in [2.75, 3.05) is 5.32 Å². The molecule has 0 saturated carbocycles. The van der Waals surface area contributed by atoms with Crippen LogP contribution in [0.3, 0.4) is 0 Å². The Hall–Kier alpha value is -3.60. The molecule has 10 nitrogen and oxygen atoms in total. The summed E-state index contributed by atoms with van der Waals surface area (Å²) in [5.74, 6) is 0.101. The molecule has 2 aromatic carbocycles. The van der Waals surface area contributed by atoms with E-state index in [0.29, 0.717) is 27.1 Å². The standard InChI is InChI=1S/C23H18Cl3N5O5/c1-11-21(26)12(2)30(28-11)10-18-13(3)36-29-22(18)23(32)27-15-7-16(31(33)34)9-17(8-15)35-20-5-4-14(24)6-19(20)25/h4-9H,10H2,1-3H3,(H,27,32). The fourth-order valence-corrected chi connectivity index (χ4v) is 4.01. The fraction of sp³-hybridized carbons (Fsp3) is 0.174. The summed E-state index contributed by atoms with van der Waals surface area (Å²) >= 11 is 18.3. The summed E-state index contributed by atoms with van der Waals surface area (Å²) in [7, 11) is 0. The number of halogens is 3. The minimum Gasteiger partial charge on any atom is -0.455 e. The Morgan fingerprint density at radius 3 is 2.56 bits per heavy atom. The molecule has 1 amide bonds. The van der Waals surface area contributed by atoms with Crippen LogP contribution < -0.4 is 10.1 Å². The number of rotatable bonds is 7. The average Bonchev–Trinajstić information content (AvgIpc) is 3.30. The zero-order valence-electron chi connectivity index (χ0n) is 19.1. The summed E-state index contributed by atoms with van der Waals surface area (Å²) in [6.45, 7) is 5.44. The first-order chi connectivity index (χ1) is 17.0. The van der Waals surface area contributed by atoms with Gasteiger partial charge in [-0.1, -0.05) is 40.0 Å². The average molecular weight is 551 g/mol. The number of aryl methyl sites for hydroxylation is 2. The number of nitrogens with one attached hydrogen (secondary N) is 1. The van der Waals surface area contributed by atoms with Crippen LogP contribution in [0.5, 0.6) is 11.5 Å². The second-order valence-electron chi connectivity index (χ2n) is 7.81. The Morgan fingerprint density at radius 2 is 1.92 bits per heavy atom. The van der Waals surface area contributed by atoms with Crippen molar-refractivity contribution in [2.45, 2.75) is 27.3 Å². The van der Waals surface area contributed by atoms with Crippen molar-refractivity contribution < 1.29 is 19.0 Å². The molecule has 0 atom stereocenters. The van der Waals surface area contributed by atoms with E-state index in [1.165, 1.54) is 30.3 Å².